The third-order valence-electron chi connectivity index (χ3n) is 12.1. The van der Waals surface area contributed by atoms with Crippen molar-refractivity contribution in [1.29, 1.82) is 0 Å². The Labute approximate surface area is 336 Å². The standard InChI is InChI=1S/C56H36N2/c1-3-15-43-35-45(29-23-37(43)11-1)57(51-21-9-17-39-13-5-7-19-47(39)51)53-33-27-41-26-32-50-54(34-28-42-25-31-49(53)55(41)56(42)50)58(46-30-24-38-12-2-4-16-44(38)36-46)52-22-10-18-40-14-6-8-20-48(40)52/h1-36H. The second-order valence-electron chi connectivity index (χ2n) is 15.3. The van der Waals surface area contributed by atoms with Crippen molar-refractivity contribution in [2.45, 2.75) is 0 Å². The fourth-order valence-electron chi connectivity index (χ4n) is 9.41. The number of nitrogens with zero attached hydrogens (tertiary/aromatic N) is 2. The first-order chi connectivity index (χ1) is 28.8. The monoisotopic (exact) mass is 736 g/mol. The van der Waals surface area contributed by atoms with E-state index in [4.69, 9.17) is 0 Å². The van der Waals surface area contributed by atoms with E-state index >= 15 is 0 Å². The van der Waals surface area contributed by atoms with E-state index < -0.39 is 0 Å². The fourth-order valence-corrected chi connectivity index (χ4v) is 9.41. The molecule has 12 aromatic rings. The van der Waals surface area contributed by atoms with Crippen LogP contribution in [0, 0.1) is 0 Å². The summed E-state index contributed by atoms with van der Waals surface area (Å²) in [5, 5.41) is 17.2. The molecule has 0 saturated heterocycles. The van der Waals surface area contributed by atoms with Crippen molar-refractivity contribution >= 4 is 110 Å². The van der Waals surface area contributed by atoms with Crippen LogP contribution in [-0.2, 0) is 0 Å². The molecule has 0 spiro atoms. The van der Waals surface area contributed by atoms with Crippen molar-refractivity contribution in [2.75, 3.05) is 9.80 Å². The van der Waals surface area contributed by atoms with Gasteiger partial charge in [0, 0.05) is 32.9 Å². The summed E-state index contributed by atoms with van der Waals surface area (Å²) in [4.78, 5) is 4.94. The lowest BCUT2D eigenvalue weighted by atomic mass is 9.91. The van der Waals surface area contributed by atoms with Crippen LogP contribution in [0.2, 0.25) is 0 Å². The quantitative estimate of drug-likeness (QED) is 0.157. The SMILES string of the molecule is c1ccc2cc(N(c3cccc4ccccc34)c3ccc4ccc5c(N(c6ccc7ccccc7c6)c6cccc7ccccc67)ccc6ccc3c4c65)ccc2c1. The van der Waals surface area contributed by atoms with Gasteiger partial charge in [0.15, 0.2) is 0 Å². The Morgan fingerprint density at radius 3 is 1.02 bits per heavy atom. The first-order valence-electron chi connectivity index (χ1n) is 20.0. The van der Waals surface area contributed by atoms with Crippen LogP contribution in [-0.4, -0.2) is 0 Å². The highest BCUT2D eigenvalue weighted by Crippen LogP contribution is 2.49. The van der Waals surface area contributed by atoms with Gasteiger partial charge in [-0.3, -0.25) is 0 Å². The minimum atomic E-state index is 1.13. The number of benzene rings is 12. The van der Waals surface area contributed by atoms with E-state index in [1.54, 1.807) is 0 Å². The predicted molar refractivity (Wildman–Crippen MR) is 250 cm³/mol. The van der Waals surface area contributed by atoms with Crippen LogP contribution < -0.4 is 9.80 Å². The van der Waals surface area contributed by atoms with Crippen LogP contribution in [0.25, 0.3) is 75.4 Å². The summed E-state index contributed by atoms with van der Waals surface area (Å²) >= 11 is 0. The average molecular weight is 737 g/mol. The van der Waals surface area contributed by atoms with Crippen LogP contribution in [0.1, 0.15) is 0 Å². The highest BCUT2D eigenvalue weighted by Gasteiger charge is 2.23. The summed E-state index contributed by atoms with van der Waals surface area (Å²) < 4.78 is 0. The van der Waals surface area contributed by atoms with Crippen LogP contribution in [0.4, 0.5) is 34.1 Å². The summed E-state index contributed by atoms with van der Waals surface area (Å²) in [5.41, 5.74) is 6.87. The minimum Gasteiger partial charge on any atom is -0.309 e. The lowest BCUT2D eigenvalue weighted by Crippen LogP contribution is -2.12. The van der Waals surface area contributed by atoms with Crippen molar-refractivity contribution in [3.8, 4) is 0 Å². The third kappa shape index (κ3) is 5.05. The topological polar surface area (TPSA) is 6.48 Å². The van der Waals surface area contributed by atoms with E-state index in [0.717, 1.165) is 34.1 Å². The van der Waals surface area contributed by atoms with Gasteiger partial charge >= 0.3 is 0 Å². The van der Waals surface area contributed by atoms with Crippen molar-refractivity contribution in [1.82, 2.24) is 0 Å². The van der Waals surface area contributed by atoms with E-state index in [9.17, 15) is 0 Å². The number of hydrogen-bond donors (Lipinski definition) is 0. The zero-order valence-corrected chi connectivity index (χ0v) is 31.7. The predicted octanol–water partition coefficient (Wildman–Crippen LogP) is 16.1. The highest BCUT2D eigenvalue weighted by atomic mass is 15.2. The number of anilines is 6. The Hall–Kier alpha value is -7.68. The van der Waals surface area contributed by atoms with Crippen molar-refractivity contribution in [3.05, 3.63) is 218 Å². The number of rotatable bonds is 6. The molecule has 0 heterocycles. The molecule has 0 saturated carbocycles. The van der Waals surface area contributed by atoms with E-state index in [0.29, 0.717) is 0 Å². The van der Waals surface area contributed by atoms with E-state index in [-0.39, 0.29) is 0 Å². The molecule has 2 heteroatoms. The Morgan fingerprint density at radius 1 is 0.207 bits per heavy atom. The van der Waals surface area contributed by atoms with Gasteiger partial charge in [-0.05, 0) is 102 Å². The second-order valence-corrected chi connectivity index (χ2v) is 15.3. The molecule has 0 amide bonds. The fraction of sp³-hybridized carbons (Fsp3) is 0. The second kappa shape index (κ2) is 12.9. The van der Waals surface area contributed by atoms with Gasteiger partial charge in [-0.1, -0.05) is 170 Å². The summed E-state index contributed by atoms with van der Waals surface area (Å²) in [6.45, 7) is 0. The van der Waals surface area contributed by atoms with Crippen LogP contribution in [0.15, 0.2) is 218 Å². The van der Waals surface area contributed by atoms with Gasteiger partial charge in [0.1, 0.15) is 0 Å². The molecule has 0 aliphatic rings. The Balaban J connectivity index is 1.14. The van der Waals surface area contributed by atoms with Crippen LogP contribution in [0.3, 0.4) is 0 Å². The third-order valence-corrected chi connectivity index (χ3v) is 12.1. The van der Waals surface area contributed by atoms with Crippen molar-refractivity contribution < 1.29 is 0 Å². The molecule has 0 atom stereocenters. The van der Waals surface area contributed by atoms with Gasteiger partial charge in [0.05, 0.1) is 22.7 Å². The van der Waals surface area contributed by atoms with Crippen LogP contribution >= 0.6 is 0 Å². The molecule has 0 bridgehead atoms. The van der Waals surface area contributed by atoms with Gasteiger partial charge < -0.3 is 9.80 Å². The van der Waals surface area contributed by atoms with E-state index in [1.807, 2.05) is 0 Å². The maximum atomic E-state index is 2.47. The molecule has 12 aromatic carbocycles. The molecular weight excluding hydrogens is 701 g/mol. The molecule has 0 aliphatic heterocycles. The maximum absolute atomic E-state index is 2.47. The zero-order valence-electron chi connectivity index (χ0n) is 31.7. The molecule has 0 aromatic heterocycles. The molecule has 0 aliphatic carbocycles. The summed E-state index contributed by atoms with van der Waals surface area (Å²) in [6, 6.07) is 80.3. The van der Waals surface area contributed by atoms with Gasteiger partial charge in [0.2, 0.25) is 0 Å². The highest BCUT2D eigenvalue weighted by molar-refractivity contribution is 6.28. The summed E-state index contributed by atoms with van der Waals surface area (Å²) in [7, 11) is 0. The number of hydrogen-bond acceptors (Lipinski definition) is 2. The lowest BCUT2D eigenvalue weighted by molar-refractivity contribution is 1.32. The first-order valence-corrected chi connectivity index (χ1v) is 20.0. The van der Waals surface area contributed by atoms with Crippen molar-refractivity contribution in [3.63, 3.8) is 0 Å². The van der Waals surface area contributed by atoms with Gasteiger partial charge in [-0.2, -0.15) is 0 Å². The smallest absolute Gasteiger partial charge is 0.0540 e. The zero-order chi connectivity index (χ0) is 38.2. The molecule has 12 rings (SSSR count). The minimum absolute atomic E-state index is 1.13. The molecule has 2 nitrogen and oxygen atoms in total. The Kier molecular flexibility index (Phi) is 7.26. The Bertz CT molecular complexity index is 3300. The first kappa shape index (κ1) is 32.6. The Morgan fingerprint density at radius 2 is 0.552 bits per heavy atom. The van der Waals surface area contributed by atoms with Gasteiger partial charge in [-0.15, -0.1) is 0 Å². The van der Waals surface area contributed by atoms with E-state index in [1.165, 1.54) is 75.4 Å². The molecule has 0 unspecified atom stereocenters. The lowest BCUT2D eigenvalue weighted by Gasteiger charge is -2.30. The van der Waals surface area contributed by atoms with Gasteiger partial charge in [-0.25, -0.2) is 0 Å². The summed E-state index contributed by atoms with van der Waals surface area (Å²) in [5.74, 6) is 0. The molecular formula is C56H36N2. The largest absolute Gasteiger partial charge is 0.309 e. The molecule has 0 N–H and O–H groups in total. The normalized spacial score (nSPS) is 11.8. The molecule has 0 radical (unpaired) electrons. The molecule has 58 heavy (non-hydrogen) atoms. The molecule has 0 fully saturated rings. The number of fused-ring (bicyclic) bond motifs is 4. The molecule has 270 valence electrons. The maximum Gasteiger partial charge on any atom is 0.0540 e. The summed E-state index contributed by atoms with van der Waals surface area (Å²) in [6.07, 6.45) is 0. The van der Waals surface area contributed by atoms with Gasteiger partial charge in [0.25, 0.3) is 0 Å². The van der Waals surface area contributed by atoms with Crippen molar-refractivity contribution in [2.24, 2.45) is 0 Å². The van der Waals surface area contributed by atoms with Crippen LogP contribution in [0.5, 0.6) is 0 Å². The van der Waals surface area contributed by atoms with E-state index in [2.05, 4.69) is 228 Å². The average Bonchev–Trinajstić information content (AvgIpc) is 3.29.